The lowest BCUT2D eigenvalue weighted by molar-refractivity contribution is -0.132. The van der Waals surface area contributed by atoms with Gasteiger partial charge in [0.25, 0.3) is 0 Å². The van der Waals surface area contributed by atoms with Crippen LogP contribution in [0, 0.1) is 5.92 Å². The van der Waals surface area contributed by atoms with Crippen molar-refractivity contribution in [2.75, 3.05) is 46.3 Å². The van der Waals surface area contributed by atoms with Gasteiger partial charge in [-0.1, -0.05) is 19.3 Å². The molecular formula is C14H29Cl2N3O. The number of carbonyl (C=O) groups excluding carboxylic acids is 1. The van der Waals surface area contributed by atoms with Gasteiger partial charge in [0, 0.05) is 39.8 Å². The van der Waals surface area contributed by atoms with Crippen molar-refractivity contribution in [3.8, 4) is 0 Å². The number of nitrogens with zero attached hydrogens (tertiary/aromatic N) is 2. The molecule has 0 aromatic carbocycles. The molecule has 120 valence electrons. The van der Waals surface area contributed by atoms with Crippen molar-refractivity contribution in [2.24, 2.45) is 5.92 Å². The van der Waals surface area contributed by atoms with Crippen LogP contribution in [-0.4, -0.2) is 62.0 Å². The minimum absolute atomic E-state index is 0. The van der Waals surface area contributed by atoms with E-state index in [1.54, 1.807) is 0 Å². The molecule has 2 fully saturated rings. The number of amides is 1. The molecule has 6 heteroatoms. The van der Waals surface area contributed by atoms with Crippen LogP contribution in [0.5, 0.6) is 0 Å². The van der Waals surface area contributed by atoms with E-state index in [9.17, 15) is 4.79 Å². The molecule has 2 rings (SSSR count). The Kier molecular flexibility index (Phi) is 10.6. The largest absolute Gasteiger partial charge is 0.344 e. The number of hydrogen-bond donors (Lipinski definition) is 1. The normalized spacial score (nSPS) is 20.6. The Morgan fingerprint density at radius 3 is 2.35 bits per heavy atom. The van der Waals surface area contributed by atoms with Crippen molar-refractivity contribution >= 4 is 30.7 Å². The minimum atomic E-state index is 0. The average Bonchev–Trinajstić information content (AvgIpc) is 2.41. The number of hydrogen-bond acceptors (Lipinski definition) is 3. The lowest BCUT2D eigenvalue weighted by atomic mass is 9.89. The van der Waals surface area contributed by atoms with Crippen LogP contribution in [-0.2, 0) is 4.79 Å². The predicted molar refractivity (Wildman–Crippen MR) is 88.0 cm³/mol. The fraction of sp³-hybridized carbons (Fsp3) is 0.929. The van der Waals surface area contributed by atoms with Gasteiger partial charge in [-0.15, -0.1) is 24.8 Å². The molecule has 0 atom stereocenters. The summed E-state index contributed by atoms with van der Waals surface area (Å²) >= 11 is 0. The maximum absolute atomic E-state index is 12.1. The highest BCUT2D eigenvalue weighted by Gasteiger charge is 2.20. The molecule has 1 heterocycles. The summed E-state index contributed by atoms with van der Waals surface area (Å²) in [5.74, 6) is 1.04. The topological polar surface area (TPSA) is 35.6 Å². The third-order valence-electron chi connectivity index (χ3n) is 4.25. The number of nitrogens with one attached hydrogen (secondary N) is 1. The summed E-state index contributed by atoms with van der Waals surface area (Å²) < 4.78 is 0. The van der Waals surface area contributed by atoms with Crippen molar-refractivity contribution in [1.29, 1.82) is 0 Å². The Morgan fingerprint density at radius 2 is 1.75 bits per heavy atom. The van der Waals surface area contributed by atoms with Gasteiger partial charge in [0.05, 0.1) is 6.54 Å². The van der Waals surface area contributed by atoms with Crippen molar-refractivity contribution in [2.45, 2.75) is 32.1 Å². The van der Waals surface area contributed by atoms with E-state index in [0.29, 0.717) is 12.5 Å². The van der Waals surface area contributed by atoms with Gasteiger partial charge in [-0.25, -0.2) is 0 Å². The molecule has 4 nitrogen and oxygen atoms in total. The second-order valence-corrected chi connectivity index (χ2v) is 5.80. The quantitative estimate of drug-likeness (QED) is 0.855. The minimum Gasteiger partial charge on any atom is -0.344 e. The van der Waals surface area contributed by atoms with Gasteiger partial charge >= 0.3 is 0 Å². The maximum Gasteiger partial charge on any atom is 0.236 e. The molecule has 1 aliphatic carbocycles. The number of carbonyl (C=O) groups is 1. The molecule has 0 bridgehead atoms. The van der Waals surface area contributed by atoms with E-state index in [0.717, 1.165) is 38.6 Å². The fourth-order valence-corrected chi connectivity index (χ4v) is 3.04. The molecule has 0 radical (unpaired) electrons. The summed E-state index contributed by atoms with van der Waals surface area (Å²) in [6.07, 6.45) is 6.71. The molecule has 0 unspecified atom stereocenters. The lowest BCUT2D eigenvalue weighted by Gasteiger charge is -2.31. The van der Waals surface area contributed by atoms with Crippen LogP contribution in [0.2, 0.25) is 0 Å². The maximum atomic E-state index is 12.1. The van der Waals surface area contributed by atoms with Crippen LogP contribution in [0.3, 0.4) is 0 Å². The third-order valence-corrected chi connectivity index (χ3v) is 4.25. The Balaban J connectivity index is 0.00000180. The Hall–Kier alpha value is -0.0300. The van der Waals surface area contributed by atoms with Gasteiger partial charge in [-0.05, 0) is 18.8 Å². The SMILES string of the molecule is CN(CC1CCCCC1)C(=O)CN1CCNCC1.Cl.Cl. The van der Waals surface area contributed by atoms with Crippen LogP contribution >= 0.6 is 24.8 Å². The summed E-state index contributed by atoms with van der Waals surface area (Å²) in [5, 5.41) is 3.32. The van der Waals surface area contributed by atoms with Crippen LogP contribution in [0.4, 0.5) is 0 Å². The number of likely N-dealkylation sites (N-methyl/N-ethyl adjacent to an activating group) is 1. The molecule has 1 aliphatic heterocycles. The molecule has 0 spiro atoms. The summed E-state index contributed by atoms with van der Waals surface area (Å²) in [7, 11) is 1.97. The van der Waals surface area contributed by atoms with Gasteiger partial charge < -0.3 is 10.2 Å². The van der Waals surface area contributed by atoms with Crippen LogP contribution < -0.4 is 5.32 Å². The van der Waals surface area contributed by atoms with E-state index < -0.39 is 0 Å². The van der Waals surface area contributed by atoms with Gasteiger partial charge in [-0.3, -0.25) is 9.69 Å². The van der Waals surface area contributed by atoms with E-state index in [1.807, 2.05) is 11.9 Å². The van der Waals surface area contributed by atoms with Crippen molar-refractivity contribution in [3.63, 3.8) is 0 Å². The zero-order chi connectivity index (χ0) is 12.8. The highest BCUT2D eigenvalue weighted by molar-refractivity contribution is 5.85. The smallest absolute Gasteiger partial charge is 0.236 e. The average molecular weight is 326 g/mol. The van der Waals surface area contributed by atoms with Crippen LogP contribution in [0.15, 0.2) is 0 Å². The Morgan fingerprint density at radius 1 is 1.15 bits per heavy atom. The molecular weight excluding hydrogens is 297 g/mol. The zero-order valence-corrected chi connectivity index (χ0v) is 14.1. The predicted octanol–water partition coefficient (Wildman–Crippen LogP) is 1.77. The van der Waals surface area contributed by atoms with Crippen LogP contribution in [0.25, 0.3) is 0 Å². The van der Waals surface area contributed by atoms with Crippen LogP contribution in [0.1, 0.15) is 32.1 Å². The van der Waals surface area contributed by atoms with E-state index in [1.165, 1.54) is 32.1 Å². The van der Waals surface area contributed by atoms with Gasteiger partial charge in [0.15, 0.2) is 0 Å². The van der Waals surface area contributed by atoms with E-state index >= 15 is 0 Å². The van der Waals surface area contributed by atoms with Crippen molar-refractivity contribution in [1.82, 2.24) is 15.1 Å². The highest BCUT2D eigenvalue weighted by atomic mass is 35.5. The van der Waals surface area contributed by atoms with E-state index in [4.69, 9.17) is 0 Å². The lowest BCUT2D eigenvalue weighted by Crippen LogP contribution is -2.48. The number of piperazine rings is 1. The van der Waals surface area contributed by atoms with Crippen molar-refractivity contribution in [3.05, 3.63) is 0 Å². The molecule has 20 heavy (non-hydrogen) atoms. The molecule has 1 saturated carbocycles. The molecule has 1 N–H and O–H groups in total. The van der Waals surface area contributed by atoms with Gasteiger partial charge in [0.1, 0.15) is 0 Å². The van der Waals surface area contributed by atoms with Gasteiger partial charge in [0.2, 0.25) is 5.91 Å². The second kappa shape index (κ2) is 10.7. The Labute approximate surface area is 135 Å². The van der Waals surface area contributed by atoms with E-state index in [2.05, 4.69) is 10.2 Å². The second-order valence-electron chi connectivity index (χ2n) is 5.80. The summed E-state index contributed by atoms with van der Waals surface area (Å²) in [4.78, 5) is 16.4. The first-order chi connectivity index (χ1) is 8.75. The van der Waals surface area contributed by atoms with Crippen molar-refractivity contribution < 1.29 is 4.79 Å². The molecule has 2 aliphatic rings. The standard InChI is InChI=1S/C14H27N3O.2ClH/c1-16(11-13-5-3-2-4-6-13)14(18)12-17-9-7-15-8-10-17;;/h13,15H,2-12H2,1H3;2*1H. The summed E-state index contributed by atoms with van der Waals surface area (Å²) in [6, 6.07) is 0. The van der Waals surface area contributed by atoms with E-state index in [-0.39, 0.29) is 24.8 Å². The summed E-state index contributed by atoms with van der Waals surface area (Å²) in [5.41, 5.74) is 0. The first-order valence-corrected chi connectivity index (χ1v) is 7.43. The zero-order valence-electron chi connectivity index (χ0n) is 12.5. The van der Waals surface area contributed by atoms with Gasteiger partial charge in [-0.2, -0.15) is 0 Å². The molecule has 1 amide bonds. The highest BCUT2D eigenvalue weighted by Crippen LogP contribution is 2.24. The Bertz CT molecular complexity index is 267. The number of rotatable bonds is 4. The first-order valence-electron chi connectivity index (χ1n) is 7.43. The fourth-order valence-electron chi connectivity index (χ4n) is 3.04. The molecule has 0 aromatic rings. The summed E-state index contributed by atoms with van der Waals surface area (Å²) in [6.45, 7) is 5.60. The first kappa shape index (κ1) is 20.0. The molecule has 0 aromatic heterocycles. The molecule has 1 saturated heterocycles. The monoisotopic (exact) mass is 325 g/mol. The third kappa shape index (κ3) is 6.61. The number of halogens is 2.